The second-order valence-corrected chi connectivity index (χ2v) is 4.99. The fraction of sp³-hybridized carbons (Fsp3) is 0.267. The summed E-state index contributed by atoms with van der Waals surface area (Å²) in [6, 6.07) is 5.44. The van der Waals surface area contributed by atoms with Gasteiger partial charge in [-0.25, -0.2) is 4.79 Å². The highest BCUT2D eigenvalue weighted by Gasteiger charge is 2.30. The molecule has 0 spiro atoms. The van der Waals surface area contributed by atoms with Gasteiger partial charge in [-0.05, 0) is 37.3 Å². The van der Waals surface area contributed by atoms with Crippen LogP contribution in [0.1, 0.15) is 21.7 Å². The number of anilines is 1. The third kappa shape index (κ3) is 4.34. The van der Waals surface area contributed by atoms with Crippen LogP contribution in [0.3, 0.4) is 0 Å². The third-order valence-electron chi connectivity index (χ3n) is 3.04. The first-order valence-corrected chi connectivity index (χ1v) is 6.81. The van der Waals surface area contributed by atoms with Gasteiger partial charge >= 0.3 is 12.1 Å². The molecule has 2 rings (SSSR count). The molecule has 24 heavy (non-hydrogen) atoms. The topological polar surface area (TPSA) is 73.2 Å². The van der Waals surface area contributed by atoms with E-state index in [1.165, 1.54) is 10.7 Å². The molecular formula is C15H14F3N3O3. The highest BCUT2D eigenvalue weighted by molar-refractivity contribution is 5.94. The number of aryl methyl sites for hydroxylation is 2. The smallest absolute Gasteiger partial charge is 0.416 e. The molecular weight excluding hydrogens is 327 g/mol. The van der Waals surface area contributed by atoms with Crippen molar-refractivity contribution >= 4 is 17.6 Å². The summed E-state index contributed by atoms with van der Waals surface area (Å²) in [4.78, 5) is 23.5. The van der Waals surface area contributed by atoms with Crippen molar-refractivity contribution in [2.24, 2.45) is 7.05 Å². The van der Waals surface area contributed by atoms with E-state index < -0.39 is 30.2 Å². The van der Waals surface area contributed by atoms with Gasteiger partial charge in [0.1, 0.15) is 5.69 Å². The molecule has 0 saturated heterocycles. The lowest BCUT2D eigenvalue weighted by Crippen LogP contribution is -2.22. The summed E-state index contributed by atoms with van der Waals surface area (Å²) < 4.78 is 43.5. The largest absolute Gasteiger partial charge is 0.451 e. The first-order chi connectivity index (χ1) is 11.2. The summed E-state index contributed by atoms with van der Waals surface area (Å²) in [6.07, 6.45) is -4.45. The lowest BCUT2D eigenvalue weighted by molar-refractivity contribution is -0.137. The van der Waals surface area contributed by atoms with Gasteiger partial charge in [0.2, 0.25) is 0 Å². The predicted octanol–water partition coefficient (Wildman–Crippen LogP) is 2.54. The van der Waals surface area contributed by atoms with Crippen LogP contribution < -0.4 is 5.32 Å². The number of carbonyl (C=O) groups excluding carboxylic acids is 2. The number of hydrogen-bond acceptors (Lipinski definition) is 4. The minimum atomic E-state index is -4.45. The number of nitrogens with zero attached hydrogens (tertiary/aromatic N) is 2. The number of benzene rings is 1. The Morgan fingerprint density at radius 2 is 1.88 bits per heavy atom. The van der Waals surface area contributed by atoms with E-state index in [1.54, 1.807) is 14.0 Å². The van der Waals surface area contributed by atoms with Crippen molar-refractivity contribution in [2.75, 3.05) is 11.9 Å². The Balaban J connectivity index is 1.89. The molecule has 0 radical (unpaired) electrons. The summed E-state index contributed by atoms with van der Waals surface area (Å²) in [6.45, 7) is 1.14. The summed E-state index contributed by atoms with van der Waals surface area (Å²) in [7, 11) is 1.56. The Bertz CT molecular complexity index is 752. The molecule has 0 atom stereocenters. The van der Waals surface area contributed by atoms with Crippen molar-refractivity contribution in [1.29, 1.82) is 0 Å². The number of esters is 1. The fourth-order valence-electron chi connectivity index (χ4n) is 1.95. The highest BCUT2D eigenvalue weighted by Crippen LogP contribution is 2.29. The quantitative estimate of drug-likeness (QED) is 0.868. The van der Waals surface area contributed by atoms with E-state index in [9.17, 15) is 22.8 Å². The molecule has 0 unspecified atom stereocenters. The van der Waals surface area contributed by atoms with Gasteiger partial charge in [0.25, 0.3) is 5.91 Å². The van der Waals surface area contributed by atoms with Gasteiger partial charge in [-0.3, -0.25) is 9.48 Å². The standard InChI is InChI=1S/C15H14F3N3O3/c1-9-7-12(21(2)20-9)14(23)24-8-13(22)19-11-5-3-10(4-6-11)15(16,17)18/h3-7H,8H2,1-2H3,(H,19,22). The number of nitrogens with one attached hydrogen (secondary N) is 1. The van der Waals surface area contributed by atoms with Crippen LogP contribution in [0.2, 0.25) is 0 Å². The number of alkyl halides is 3. The van der Waals surface area contributed by atoms with E-state index in [4.69, 9.17) is 4.74 Å². The molecule has 0 aliphatic rings. The fourth-order valence-corrected chi connectivity index (χ4v) is 1.95. The Labute approximate surface area is 135 Å². The minimum absolute atomic E-state index is 0.167. The second-order valence-electron chi connectivity index (χ2n) is 4.99. The van der Waals surface area contributed by atoms with E-state index in [-0.39, 0.29) is 11.4 Å². The molecule has 0 aliphatic heterocycles. The van der Waals surface area contributed by atoms with Crippen molar-refractivity contribution in [3.63, 3.8) is 0 Å². The molecule has 1 N–H and O–H groups in total. The van der Waals surface area contributed by atoms with Crippen LogP contribution in [0.4, 0.5) is 18.9 Å². The normalized spacial score (nSPS) is 11.2. The number of amides is 1. The van der Waals surface area contributed by atoms with Gasteiger partial charge in [-0.15, -0.1) is 0 Å². The van der Waals surface area contributed by atoms with E-state index in [0.717, 1.165) is 24.3 Å². The van der Waals surface area contributed by atoms with Gasteiger partial charge in [0, 0.05) is 12.7 Å². The number of aromatic nitrogens is 2. The first-order valence-electron chi connectivity index (χ1n) is 6.81. The van der Waals surface area contributed by atoms with Crippen LogP contribution in [0, 0.1) is 6.92 Å². The molecule has 2 aromatic rings. The number of ether oxygens (including phenoxy) is 1. The van der Waals surface area contributed by atoms with Gasteiger partial charge in [-0.2, -0.15) is 18.3 Å². The summed E-state index contributed by atoms with van der Waals surface area (Å²) >= 11 is 0. The molecule has 128 valence electrons. The lowest BCUT2D eigenvalue weighted by Gasteiger charge is -2.09. The number of rotatable bonds is 4. The monoisotopic (exact) mass is 341 g/mol. The van der Waals surface area contributed by atoms with Crippen LogP contribution in [0.15, 0.2) is 30.3 Å². The van der Waals surface area contributed by atoms with E-state index in [1.807, 2.05) is 0 Å². The van der Waals surface area contributed by atoms with Crippen molar-refractivity contribution in [2.45, 2.75) is 13.1 Å². The third-order valence-corrected chi connectivity index (χ3v) is 3.04. The van der Waals surface area contributed by atoms with E-state index >= 15 is 0 Å². The van der Waals surface area contributed by atoms with Gasteiger partial charge < -0.3 is 10.1 Å². The maximum absolute atomic E-state index is 12.4. The predicted molar refractivity (Wildman–Crippen MR) is 78.3 cm³/mol. The second kappa shape index (κ2) is 6.73. The zero-order chi connectivity index (χ0) is 17.9. The number of carbonyl (C=O) groups is 2. The molecule has 0 saturated carbocycles. The molecule has 1 aromatic heterocycles. The Morgan fingerprint density at radius 1 is 1.25 bits per heavy atom. The van der Waals surface area contributed by atoms with Gasteiger partial charge in [0.15, 0.2) is 6.61 Å². The van der Waals surface area contributed by atoms with Crippen LogP contribution in [-0.4, -0.2) is 28.3 Å². The number of halogens is 3. The molecule has 0 fully saturated rings. The van der Waals surface area contributed by atoms with Crippen molar-refractivity contribution in [1.82, 2.24) is 9.78 Å². The van der Waals surface area contributed by atoms with Crippen molar-refractivity contribution in [3.8, 4) is 0 Å². The average Bonchev–Trinajstić information content (AvgIpc) is 2.83. The first kappa shape index (κ1) is 17.5. The Morgan fingerprint density at radius 3 is 2.38 bits per heavy atom. The molecule has 1 heterocycles. The molecule has 9 heteroatoms. The zero-order valence-electron chi connectivity index (χ0n) is 12.8. The minimum Gasteiger partial charge on any atom is -0.451 e. The van der Waals surface area contributed by atoms with Crippen molar-refractivity contribution < 1.29 is 27.5 Å². The van der Waals surface area contributed by atoms with Gasteiger partial charge in [-0.1, -0.05) is 0 Å². The summed E-state index contributed by atoms with van der Waals surface area (Å²) in [5.74, 6) is -1.39. The molecule has 6 nitrogen and oxygen atoms in total. The van der Waals surface area contributed by atoms with Crippen LogP contribution in [0.25, 0.3) is 0 Å². The molecule has 1 amide bonds. The summed E-state index contributed by atoms with van der Waals surface area (Å²) in [5, 5.41) is 6.32. The van der Waals surface area contributed by atoms with E-state index in [0.29, 0.717) is 5.69 Å². The van der Waals surface area contributed by atoms with Crippen LogP contribution in [0.5, 0.6) is 0 Å². The maximum Gasteiger partial charge on any atom is 0.416 e. The highest BCUT2D eigenvalue weighted by atomic mass is 19.4. The van der Waals surface area contributed by atoms with E-state index in [2.05, 4.69) is 10.4 Å². The summed E-state index contributed by atoms with van der Waals surface area (Å²) in [5.41, 5.74) is 0.160. The molecule has 1 aromatic carbocycles. The Kier molecular flexibility index (Phi) is 4.91. The number of hydrogen-bond donors (Lipinski definition) is 1. The van der Waals surface area contributed by atoms with Gasteiger partial charge in [0.05, 0.1) is 11.3 Å². The van der Waals surface area contributed by atoms with Crippen LogP contribution in [-0.2, 0) is 22.8 Å². The lowest BCUT2D eigenvalue weighted by atomic mass is 10.2. The zero-order valence-corrected chi connectivity index (χ0v) is 12.8. The molecule has 0 bridgehead atoms. The Hall–Kier alpha value is -2.84. The SMILES string of the molecule is Cc1cc(C(=O)OCC(=O)Nc2ccc(C(F)(F)F)cc2)n(C)n1. The molecule has 0 aliphatic carbocycles. The van der Waals surface area contributed by atoms with Crippen molar-refractivity contribution in [3.05, 3.63) is 47.3 Å². The maximum atomic E-state index is 12.4. The van der Waals surface area contributed by atoms with Crippen LogP contribution >= 0.6 is 0 Å². The average molecular weight is 341 g/mol.